The summed E-state index contributed by atoms with van der Waals surface area (Å²) in [5.41, 5.74) is 7.95. The van der Waals surface area contributed by atoms with Crippen molar-refractivity contribution in [2.45, 2.75) is 0 Å². The number of carbonyl (C=O) groups is 1. The maximum Gasteiger partial charge on any atom is 0.426 e. The van der Waals surface area contributed by atoms with Gasteiger partial charge in [0.2, 0.25) is 5.69 Å². The zero-order valence-corrected chi connectivity index (χ0v) is 19.9. The monoisotopic (exact) mass is 455 g/mol. The topological polar surface area (TPSA) is 24.2 Å². The van der Waals surface area contributed by atoms with E-state index in [1.807, 2.05) is 87.0 Å². The van der Waals surface area contributed by atoms with E-state index in [-0.39, 0.29) is 5.91 Å². The molecular formula is C32H27N2O+. The molecule has 3 aromatic carbocycles. The van der Waals surface area contributed by atoms with Crippen molar-refractivity contribution in [3.8, 4) is 0 Å². The standard InChI is InChI=1S/C32H27N2O/c1-33(2)28-19-17-24(18-20-28)11-9-10-12-25-21-22-34-29(23-25)30(26-13-5-3-6-14-26)31(32(34)35)27-15-7-4-8-16-27/h3-23H,1-2H3/q+1. The van der Waals surface area contributed by atoms with Crippen LogP contribution in [0.4, 0.5) is 5.69 Å². The first-order chi connectivity index (χ1) is 17.1. The first kappa shape index (κ1) is 22.3. The Morgan fingerprint density at radius 2 is 1.23 bits per heavy atom. The van der Waals surface area contributed by atoms with Crippen molar-refractivity contribution in [3.63, 3.8) is 0 Å². The molecule has 170 valence electrons. The van der Waals surface area contributed by atoms with Crippen LogP contribution in [0, 0.1) is 0 Å². The Balaban J connectivity index is 1.48. The minimum atomic E-state index is 0.00153. The summed E-state index contributed by atoms with van der Waals surface area (Å²) >= 11 is 0. The largest absolute Gasteiger partial charge is 0.426 e. The summed E-state index contributed by atoms with van der Waals surface area (Å²) < 4.78 is 1.75. The molecule has 0 N–H and O–H groups in total. The minimum absolute atomic E-state index is 0.00153. The molecule has 1 aromatic heterocycles. The van der Waals surface area contributed by atoms with Gasteiger partial charge >= 0.3 is 5.91 Å². The van der Waals surface area contributed by atoms with Crippen molar-refractivity contribution in [2.24, 2.45) is 0 Å². The molecule has 0 atom stereocenters. The molecule has 0 unspecified atom stereocenters. The van der Waals surface area contributed by atoms with Crippen LogP contribution in [0.25, 0.3) is 23.3 Å². The van der Waals surface area contributed by atoms with Crippen LogP contribution in [0.15, 0.2) is 115 Å². The molecule has 0 saturated carbocycles. The van der Waals surface area contributed by atoms with E-state index in [1.165, 1.54) is 5.69 Å². The Hall–Kier alpha value is -4.50. The van der Waals surface area contributed by atoms with Gasteiger partial charge in [0.1, 0.15) is 5.57 Å². The first-order valence-corrected chi connectivity index (χ1v) is 11.7. The number of rotatable bonds is 6. The average Bonchev–Trinajstić information content (AvgIpc) is 3.19. The van der Waals surface area contributed by atoms with Crippen LogP contribution in [0.1, 0.15) is 32.7 Å². The van der Waals surface area contributed by atoms with Gasteiger partial charge in [-0.15, -0.1) is 4.57 Å². The molecule has 3 heteroatoms. The molecule has 35 heavy (non-hydrogen) atoms. The van der Waals surface area contributed by atoms with Gasteiger partial charge < -0.3 is 4.90 Å². The number of aromatic nitrogens is 1. The van der Waals surface area contributed by atoms with Crippen molar-refractivity contribution in [2.75, 3.05) is 19.0 Å². The number of pyridine rings is 1. The summed E-state index contributed by atoms with van der Waals surface area (Å²) in [6.45, 7) is 0. The smallest absolute Gasteiger partial charge is 0.378 e. The maximum absolute atomic E-state index is 13.4. The van der Waals surface area contributed by atoms with Gasteiger partial charge in [0.15, 0.2) is 6.20 Å². The second kappa shape index (κ2) is 9.78. The van der Waals surface area contributed by atoms with Crippen molar-refractivity contribution in [1.82, 2.24) is 0 Å². The molecule has 0 bridgehead atoms. The van der Waals surface area contributed by atoms with Gasteiger partial charge in [-0.2, -0.15) is 0 Å². The SMILES string of the molecule is CN(C)c1ccc(C=CC=Cc2cc[n+]3c(c2)C(c2ccccc2)=C(c2ccccc2)C3=O)cc1. The fourth-order valence-corrected chi connectivity index (χ4v) is 4.33. The lowest BCUT2D eigenvalue weighted by atomic mass is 9.94. The van der Waals surface area contributed by atoms with Crippen molar-refractivity contribution in [3.05, 3.63) is 143 Å². The molecule has 1 aliphatic rings. The van der Waals surface area contributed by atoms with Crippen LogP contribution < -0.4 is 9.47 Å². The van der Waals surface area contributed by atoms with Crippen molar-refractivity contribution in [1.29, 1.82) is 0 Å². The summed E-state index contributed by atoms with van der Waals surface area (Å²) in [4.78, 5) is 15.5. The number of allylic oxidation sites excluding steroid dienone is 3. The average molecular weight is 456 g/mol. The maximum atomic E-state index is 13.4. The number of fused-ring (bicyclic) bond motifs is 1. The van der Waals surface area contributed by atoms with Gasteiger partial charge in [-0.05, 0) is 34.4 Å². The number of anilines is 1. The predicted molar refractivity (Wildman–Crippen MR) is 145 cm³/mol. The number of carbonyl (C=O) groups excluding carboxylic acids is 1. The third kappa shape index (κ3) is 4.62. The highest BCUT2D eigenvalue weighted by molar-refractivity contribution is 6.28. The zero-order valence-electron chi connectivity index (χ0n) is 19.9. The van der Waals surface area contributed by atoms with Crippen LogP contribution in [0.3, 0.4) is 0 Å². The Kier molecular flexibility index (Phi) is 6.23. The third-order valence-electron chi connectivity index (χ3n) is 6.14. The van der Waals surface area contributed by atoms with Crippen LogP contribution in [0.2, 0.25) is 0 Å². The Bertz CT molecular complexity index is 1440. The number of benzene rings is 3. The molecule has 4 aromatic rings. The fourth-order valence-electron chi connectivity index (χ4n) is 4.33. The summed E-state index contributed by atoms with van der Waals surface area (Å²) in [6, 6.07) is 32.6. The van der Waals surface area contributed by atoms with E-state index in [0.29, 0.717) is 0 Å². The second-order valence-electron chi connectivity index (χ2n) is 8.71. The highest BCUT2D eigenvalue weighted by atomic mass is 16.2. The van der Waals surface area contributed by atoms with Gasteiger partial charge in [0.05, 0.1) is 5.57 Å². The van der Waals surface area contributed by atoms with E-state index in [9.17, 15) is 4.79 Å². The van der Waals surface area contributed by atoms with Gasteiger partial charge in [-0.25, -0.2) is 4.79 Å². The van der Waals surface area contributed by atoms with Crippen LogP contribution >= 0.6 is 0 Å². The lowest BCUT2D eigenvalue weighted by Crippen LogP contribution is -2.41. The van der Waals surface area contributed by atoms with Gasteiger partial charge in [-0.3, -0.25) is 0 Å². The lowest BCUT2D eigenvalue weighted by Gasteiger charge is -2.11. The first-order valence-electron chi connectivity index (χ1n) is 11.7. The Morgan fingerprint density at radius 3 is 1.83 bits per heavy atom. The molecular weight excluding hydrogens is 428 g/mol. The summed E-state index contributed by atoms with van der Waals surface area (Å²) in [5.74, 6) is 0.00153. The molecule has 0 spiro atoms. The quantitative estimate of drug-likeness (QED) is 0.249. The molecule has 3 nitrogen and oxygen atoms in total. The van der Waals surface area contributed by atoms with Crippen molar-refractivity contribution < 1.29 is 9.36 Å². The number of hydrogen-bond acceptors (Lipinski definition) is 2. The van der Waals surface area contributed by atoms with E-state index >= 15 is 0 Å². The van der Waals surface area contributed by atoms with E-state index in [1.54, 1.807) is 4.57 Å². The molecule has 0 fully saturated rings. The normalized spacial score (nSPS) is 13.1. The number of nitrogens with zero attached hydrogens (tertiary/aromatic N) is 2. The van der Waals surface area contributed by atoms with Crippen molar-refractivity contribution >= 4 is 34.9 Å². The zero-order chi connectivity index (χ0) is 24.2. The minimum Gasteiger partial charge on any atom is -0.378 e. The molecule has 0 radical (unpaired) electrons. The Labute approximate surface area is 206 Å². The second-order valence-corrected chi connectivity index (χ2v) is 8.71. The predicted octanol–water partition coefficient (Wildman–Crippen LogP) is 6.38. The van der Waals surface area contributed by atoms with Gasteiger partial charge in [0.25, 0.3) is 0 Å². The molecule has 0 saturated heterocycles. The molecule has 1 aliphatic heterocycles. The van der Waals surface area contributed by atoms with Gasteiger partial charge in [0, 0.05) is 31.9 Å². The van der Waals surface area contributed by atoms with Crippen LogP contribution in [-0.2, 0) is 0 Å². The van der Waals surface area contributed by atoms with E-state index in [2.05, 4.69) is 59.5 Å². The summed E-state index contributed by atoms with van der Waals surface area (Å²) in [5, 5.41) is 0. The highest BCUT2D eigenvalue weighted by Gasteiger charge is 2.39. The number of hydrogen-bond donors (Lipinski definition) is 0. The molecule has 0 aliphatic carbocycles. The third-order valence-corrected chi connectivity index (χ3v) is 6.14. The van der Waals surface area contributed by atoms with E-state index in [4.69, 9.17) is 0 Å². The van der Waals surface area contributed by atoms with E-state index in [0.717, 1.165) is 39.1 Å². The summed E-state index contributed by atoms with van der Waals surface area (Å²) in [6.07, 6.45) is 10.1. The molecule has 5 rings (SSSR count). The summed E-state index contributed by atoms with van der Waals surface area (Å²) in [7, 11) is 4.08. The molecule has 0 amide bonds. The van der Waals surface area contributed by atoms with E-state index < -0.39 is 0 Å². The lowest BCUT2D eigenvalue weighted by molar-refractivity contribution is -0.568. The van der Waals surface area contributed by atoms with Crippen LogP contribution in [-0.4, -0.2) is 20.0 Å². The Morgan fingerprint density at radius 1 is 0.657 bits per heavy atom. The fraction of sp³-hybridized carbons (Fsp3) is 0.0625. The highest BCUT2D eigenvalue weighted by Crippen LogP contribution is 2.35. The van der Waals surface area contributed by atoms with Crippen LogP contribution in [0.5, 0.6) is 0 Å². The molecule has 2 heterocycles. The van der Waals surface area contributed by atoms with Gasteiger partial charge in [-0.1, -0.05) is 97.1 Å².